The quantitative estimate of drug-likeness (QED) is 0.497. The van der Waals surface area contributed by atoms with Gasteiger partial charge in [-0.3, -0.25) is 10.8 Å². The number of aromatic nitrogens is 1. The van der Waals surface area contributed by atoms with E-state index in [1.165, 1.54) is 18.5 Å². The maximum atomic E-state index is 12.2. The van der Waals surface area contributed by atoms with Crippen LogP contribution >= 0.6 is 0 Å². The fraction of sp³-hybridized carbons (Fsp3) is 0.545. The van der Waals surface area contributed by atoms with Gasteiger partial charge in [0.25, 0.3) is 0 Å². The molecule has 0 fully saturated rings. The molecule has 8 heteroatoms. The fourth-order valence-corrected chi connectivity index (χ4v) is 2.81. The molecule has 0 aliphatic heterocycles. The second-order valence-electron chi connectivity index (χ2n) is 4.53. The molecule has 0 atom stereocenters. The Balaban J connectivity index is 2.87. The molecule has 1 aromatic heterocycles. The van der Waals surface area contributed by atoms with Crippen molar-refractivity contribution in [2.75, 3.05) is 18.6 Å². The average Bonchev–Trinajstić information content (AvgIpc) is 2.37. The zero-order valence-corrected chi connectivity index (χ0v) is 12.1. The highest BCUT2D eigenvalue weighted by Gasteiger charge is 2.24. The van der Waals surface area contributed by atoms with Gasteiger partial charge in [0, 0.05) is 25.5 Å². The van der Waals surface area contributed by atoms with E-state index in [1.807, 2.05) is 20.8 Å². The smallest absolute Gasteiger partial charge is 0.244 e. The molecule has 0 spiro atoms. The molecule has 0 bridgehead atoms. The normalized spacial score (nSPS) is 12.4. The lowest BCUT2D eigenvalue weighted by molar-refractivity contribution is -0.00515. The number of pyridine rings is 1. The third-order valence-electron chi connectivity index (χ3n) is 2.45. The van der Waals surface area contributed by atoms with Crippen molar-refractivity contribution >= 4 is 15.7 Å². The molecule has 108 valence electrons. The number of anilines is 1. The molecular weight excluding hydrogens is 268 g/mol. The Kier molecular flexibility index (Phi) is 5.24. The summed E-state index contributed by atoms with van der Waals surface area (Å²) in [5.41, 5.74) is 2.04. The van der Waals surface area contributed by atoms with E-state index in [0.717, 1.165) is 0 Å². The van der Waals surface area contributed by atoms with Crippen molar-refractivity contribution in [1.29, 1.82) is 0 Å². The standard InChI is InChI=1S/C11H20N4O3S/c1-4-18-11(2,3)8-14-19(16,17)10-7-13-6-5-9(10)15-12/h5-7,14H,4,8,12H2,1-3H3,(H,13,15). The van der Waals surface area contributed by atoms with Gasteiger partial charge in [-0.2, -0.15) is 0 Å². The first-order valence-electron chi connectivity index (χ1n) is 5.86. The number of hydrazine groups is 1. The first-order valence-corrected chi connectivity index (χ1v) is 7.35. The van der Waals surface area contributed by atoms with Gasteiger partial charge in [0.2, 0.25) is 10.0 Å². The Hall–Kier alpha value is -1.22. The highest BCUT2D eigenvalue weighted by atomic mass is 32.2. The highest BCUT2D eigenvalue weighted by molar-refractivity contribution is 7.89. The molecule has 0 saturated carbocycles. The number of nitrogen functional groups attached to an aromatic ring is 1. The summed E-state index contributed by atoms with van der Waals surface area (Å²) in [4.78, 5) is 3.80. The summed E-state index contributed by atoms with van der Waals surface area (Å²) >= 11 is 0. The summed E-state index contributed by atoms with van der Waals surface area (Å²) in [6, 6.07) is 1.49. The van der Waals surface area contributed by atoms with E-state index >= 15 is 0 Å². The largest absolute Gasteiger partial charge is 0.375 e. The van der Waals surface area contributed by atoms with E-state index < -0.39 is 15.6 Å². The molecule has 0 amide bonds. The Morgan fingerprint density at radius 2 is 2.16 bits per heavy atom. The zero-order chi connectivity index (χ0) is 14.5. The minimum Gasteiger partial charge on any atom is -0.375 e. The lowest BCUT2D eigenvalue weighted by Crippen LogP contribution is -2.40. The van der Waals surface area contributed by atoms with Crippen molar-refractivity contribution in [1.82, 2.24) is 9.71 Å². The first kappa shape index (κ1) is 15.8. The van der Waals surface area contributed by atoms with Gasteiger partial charge in [-0.15, -0.1) is 0 Å². The molecule has 1 heterocycles. The maximum Gasteiger partial charge on any atom is 0.244 e. The molecule has 0 radical (unpaired) electrons. The molecule has 1 aromatic rings. The number of hydrogen-bond donors (Lipinski definition) is 3. The van der Waals surface area contributed by atoms with Crippen LogP contribution < -0.4 is 16.0 Å². The van der Waals surface area contributed by atoms with Crippen LogP contribution in [0.15, 0.2) is 23.4 Å². The Morgan fingerprint density at radius 1 is 1.47 bits per heavy atom. The number of nitrogens with two attached hydrogens (primary N) is 1. The van der Waals surface area contributed by atoms with Crippen LogP contribution in [-0.4, -0.2) is 32.2 Å². The van der Waals surface area contributed by atoms with Crippen LogP contribution in [0.25, 0.3) is 0 Å². The van der Waals surface area contributed by atoms with Gasteiger partial charge in [-0.05, 0) is 26.8 Å². The Bertz CT molecular complexity index is 516. The van der Waals surface area contributed by atoms with Gasteiger partial charge in [-0.25, -0.2) is 13.1 Å². The van der Waals surface area contributed by atoms with E-state index in [4.69, 9.17) is 10.6 Å². The van der Waals surface area contributed by atoms with E-state index in [0.29, 0.717) is 6.61 Å². The second kappa shape index (κ2) is 6.29. The number of ether oxygens (including phenoxy) is 1. The lowest BCUT2D eigenvalue weighted by atomic mass is 10.1. The van der Waals surface area contributed by atoms with Crippen LogP contribution in [0, 0.1) is 0 Å². The molecule has 1 rings (SSSR count). The minimum absolute atomic E-state index is 0.00444. The van der Waals surface area contributed by atoms with Gasteiger partial charge < -0.3 is 10.2 Å². The first-order chi connectivity index (χ1) is 8.82. The number of hydrogen-bond acceptors (Lipinski definition) is 6. The predicted octanol–water partition coefficient (Wildman–Crippen LogP) is 0.461. The van der Waals surface area contributed by atoms with Gasteiger partial charge in [-0.1, -0.05) is 0 Å². The summed E-state index contributed by atoms with van der Waals surface area (Å²) < 4.78 is 32.2. The molecule has 4 N–H and O–H groups in total. The summed E-state index contributed by atoms with van der Waals surface area (Å²) in [6.07, 6.45) is 2.70. The third-order valence-corrected chi connectivity index (χ3v) is 3.88. The maximum absolute atomic E-state index is 12.2. The van der Waals surface area contributed by atoms with Crippen molar-refractivity contribution in [2.45, 2.75) is 31.3 Å². The minimum atomic E-state index is -3.69. The molecule has 0 unspecified atom stereocenters. The summed E-state index contributed by atoms with van der Waals surface area (Å²) in [5, 5.41) is 0. The van der Waals surface area contributed by atoms with Crippen LogP contribution in [0.2, 0.25) is 0 Å². The van der Waals surface area contributed by atoms with E-state index in [1.54, 1.807) is 0 Å². The van der Waals surface area contributed by atoms with Crippen LogP contribution in [0.3, 0.4) is 0 Å². The van der Waals surface area contributed by atoms with Crippen molar-refractivity contribution in [2.24, 2.45) is 5.84 Å². The SMILES string of the molecule is CCOC(C)(C)CNS(=O)(=O)c1cnccc1NN. The summed E-state index contributed by atoms with van der Waals surface area (Å²) in [6.45, 7) is 6.14. The second-order valence-corrected chi connectivity index (χ2v) is 6.27. The third kappa shape index (κ3) is 4.43. The van der Waals surface area contributed by atoms with Crippen molar-refractivity contribution in [3.63, 3.8) is 0 Å². The summed E-state index contributed by atoms with van der Waals surface area (Å²) in [5.74, 6) is 5.28. The molecular formula is C11H20N4O3S. The van der Waals surface area contributed by atoms with Gasteiger partial charge in [0.1, 0.15) is 4.90 Å². The average molecular weight is 288 g/mol. The highest BCUT2D eigenvalue weighted by Crippen LogP contribution is 2.18. The zero-order valence-electron chi connectivity index (χ0n) is 11.3. The lowest BCUT2D eigenvalue weighted by Gasteiger charge is -2.25. The van der Waals surface area contributed by atoms with E-state index in [2.05, 4.69) is 15.1 Å². The van der Waals surface area contributed by atoms with Crippen LogP contribution in [0.1, 0.15) is 20.8 Å². The van der Waals surface area contributed by atoms with Crippen LogP contribution in [0.4, 0.5) is 5.69 Å². The van der Waals surface area contributed by atoms with Crippen molar-refractivity contribution < 1.29 is 13.2 Å². The molecule has 0 saturated heterocycles. The van der Waals surface area contributed by atoms with Gasteiger partial charge in [0.15, 0.2) is 0 Å². The van der Waals surface area contributed by atoms with Gasteiger partial charge >= 0.3 is 0 Å². The number of sulfonamides is 1. The Morgan fingerprint density at radius 3 is 2.74 bits per heavy atom. The molecule has 0 aliphatic carbocycles. The monoisotopic (exact) mass is 288 g/mol. The molecule has 0 aromatic carbocycles. The molecule has 0 aliphatic rings. The number of rotatable bonds is 7. The van der Waals surface area contributed by atoms with E-state index in [9.17, 15) is 8.42 Å². The van der Waals surface area contributed by atoms with Gasteiger partial charge in [0.05, 0.1) is 11.3 Å². The number of nitrogens with zero attached hydrogens (tertiary/aromatic N) is 1. The summed E-state index contributed by atoms with van der Waals surface area (Å²) in [7, 11) is -3.69. The Labute approximate surface area is 113 Å². The predicted molar refractivity (Wildman–Crippen MR) is 72.9 cm³/mol. The topological polar surface area (TPSA) is 106 Å². The molecule has 7 nitrogen and oxygen atoms in total. The van der Waals surface area contributed by atoms with E-state index in [-0.39, 0.29) is 17.1 Å². The molecule has 19 heavy (non-hydrogen) atoms. The van der Waals surface area contributed by atoms with Crippen molar-refractivity contribution in [3.8, 4) is 0 Å². The number of nitrogens with one attached hydrogen (secondary N) is 2. The fourth-order valence-electron chi connectivity index (χ4n) is 1.50. The van der Waals surface area contributed by atoms with Crippen LogP contribution in [-0.2, 0) is 14.8 Å². The van der Waals surface area contributed by atoms with Crippen molar-refractivity contribution in [3.05, 3.63) is 18.5 Å². The van der Waals surface area contributed by atoms with Crippen LogP contribution in [0.5, 0.6) is 0 Å².